The highest BCUT2D eigenvalue weighted by atomic mass is 19.1. The maximum absolute atomic E-state index is 14.0. The minimum Gasteiger partial charge on any atom is -0.394 e. The average Bonchev–Trinajstić information content (AvgIpc) is 2.69. The zero-order valence-corrected chi connectivity index (χ0v) is 15.8. The Balaban J connectivity index is 2.03. The highest BCUT2D eigenvalue weighted by molar-refractivity contribution is 5.67. The topological polar surface area (TPSA) is 83.0 Å². The molecule has 6 nitrogen and oxygen atoms in total. The number of hydrogen-bond acceptors (Lipinski definition) is 6. The summed E-state index contributed by atoms with van der Waals surface area (Å²) < 4.78 is 41.3. The molecule has 3 N–H and O–H groups in total. The molecule has 1 atom stereocenters. The van der Waals surface area contributed by atoms with Crippen molar-refractivity contribution in [3.63, 3.8) is 0 Å². The number of pyridine rings is 1. The molecule has 9 heteroatoms. The summed E-state index contributed by atoms with van der Waals surface area (Å²) in [7, 11) is 0. The summed E-state index contributed by atoms with van der Waals surface area (Å²) in [5, 5.41) is 15.2. The van der Waals surface area contributed by atoms with Crippen LogP contribution in [0.25, 0.3) is 11.3 Å². The van der Waals surface area contributed by atoms with Crippen LogP contribution in [-0.2, 0) is 0 Å². The second kappa shape index (κ2) is 8.87. The third kappa shape index (κ3) is 5.00. The number of hydrogen-bond donors (Lipinski definition) is 3. The van der Waals surface area contributed by atoms with Gasteiger partial charge < -0.3 is 15.7 Å². The summed E-state index contributed by atoms with van der Waals surface area (Å²) in [6, 6.07) is 5.79. The second-order valence-corrected chi connectivity index (χ2v) is 6.74. The highest BCUT2D eigenvalue weighted by Crippen LogP contribution is 2.27. The minimum absolute atomic E-state index is 0.0802. The smallest absolute Gasteiger partial charge is 0.225 e. The number of aliphatic hydroxyl groups is 1. The zero-order valence-electron chi connectivity index (χ0n) is 15.8. The fourth-order valence-corrected chi connectivity index (χ4v) is 2.63. The van der Waals surface area contributed by atoms with Gasteiger partial charge in [0.05, 0.1) is 18.3 Å². The summed E-state index contributed by atoms with van der Waals surface area (Å²) in [5.74, 6) is -2.85. The first-order valence-corrected chi connectivity index (χ1v) is 8.96. The molecule has 0 fully saturated rings. The molecule has 0 saturated heterocycles. The molecule has 0 bridgehead atoms. The Morgan fingerprint density at radius 1 is 1.00 bits per heavy atom. The van der Waals surface area contributed by atoms with Gasteiger partial charge in [0.25, 0.3) is 0 Å². The monoisotopic (exact) mass is 403 g/mol. The van der Waals surface area contributed by atoms with Crippen LogP contribution in [0.1, 0.15) is 13.8 Å². The summed E-state index contributed by atoms with van der Waals surface area (Å²) >= 11 is 0. The first-order valence-electron chi connectivity index (χ1n) is 8.96. The van der Waals surface area contributed by atoms with E-state index in [0.717, 1.165) is 0 Å². The van der Waals surface area contributed by atoms with Crippen molar-refractivity contribution in [3.8, 4) is 11.3 Å². The van der Waals surface area contributed by atoms with Crippen LogP contribution in [0.4, 0.5) is 30.6 Å². The fraction of sp³-hybridized carbons (Fsp3) is 0.250. The fourth-order valence-electron chi connectivity index (χ4n) is 2.63. The number of benzene rings is 1. The Morgan fingerprint density at radius 2 is 1.66 bits per heavy atom. The quantitative estimate of drug-likeness (QED) is 0.550. The number of rotatable bonds is 7. The van der Waals surface area contributed by atoms with Gasteiger partial charge in [0.15, 0.2) is 11.6 Å². The molecule has 2 aromatic heterocycles. The van der Waals surface area contributed by atoms with Crippen molar-refractivity contribution in [1.82, 2.24) is 15.0 Å². The van der Waals surface area contributed by atoms with Gasteiger partial charge in [-0.1, -0.05) is 13.8 Å². The zero-order chi connectivity index (χ0) is 21.0. The summed E-state index contributed by atoms with van der Waals surface area (Å²) in [6.07, 6.45) is 3.17. The van der Waals surface area contributed by atoms with Gasteiger partial charge in [-0.05, 0) is 18.1 Å². The van der Waals surface area contributed by atoms with Gasteiger partial charge in [0, 0.05) is 36.2 Å². The molecule has 152 valence electrons. The number of halogens is 3. The van der Waals surface area contributed by atoms with E-state index in [9.17, 15) is 18.3 Å². The van der Waals surface area contributed by atoms with Crippen molar-refractivity contribution >= 4 is 17.5 Å². The van der Waals surface area contributed by atoms with Crippen LogP contribution in [0.15, 0.2) is 42.7 Å². The average molecular weight is 403 g/mol. The van der Waals surface area contributed by atoms with Crippen molar-refractivity contribution in [1.29, 1.82) is 0 Å². The molecule has 3 aromatic rings. The Kier molecular flexibility index (Phi) is 6.28. The lowest BCUT2D eigenvalue weighted by Gasteiger charge is -2.21. The Hall–Kier alpha value is -3.20. The number of aliphatic hydroxyl groups excluding tert-OH is 1. The molecule has 2 heterocycles. The highest BCUT2D eigenvalue weighted by Gasteiger charge is 2.17. The number of nitrogens with zero attached hydrogens (tertiary/aromatic N) is 3. The van der Waals surface area contributed by atoms with Gasteiger partial charge >= 0.3 is 0 Å². The van der Waals surface area contributed by atoms with Crippen molar-refractivity contribution in [2.75, 3.05) is 17.2 Å². The first kappa shape index (κ1) is 20.5. The van der Waals surface area contributed by atoms with E-state index in [-0.39, 0.29) is 30.3 Å². The van der Waals surface area contributed by atoms with Crippen molar-refractivity contribution < 1.29 is 18.3 Å². The van der Waals surface area contributed by atoms with Crippen LogP contribution < -0.4 is 10.6 Å². The molecular weight excluding hydrogens is 383 g/mol. The van der Waals surface area contributed by atoms with Crippen LogP contribution in [0, 0.1) is 23.4 Å². The first-order chi connectivity index (χ1) is 13.9. The number of nitrogens with one attached hydrogen (secondary N) is 2. The molecule has 0 radical (unpaired) electrons. The molecule has 0 aliphatic heterocycles. The predicted octanol–water partition coefficient (Wildman–Crippen LogP) is 4.13. The summed E-state index contributed by atoms with van der Waals surface area (Å²) in [4.78, 5) is 12.6. The van der Waals surface area contributed by atoms with Gasteiger partial charge in [0.1, 0.15) is 17.3 Å². The van der Waals surface area contributed by atoms with Gasteiger partial charge in [-0.3, -0.25) is 4.98 Å². The lowest BCUT2D eigenvalue weighted by Crippen LogP contribution is -2.30. The van der Waals surface area contributed by atoms with E-state index in [0.29, 0.717) is 23.4 Å². The van der Waals surface area contributed by atoms with Crippen LogP contribution >= 0.6 is 0 Å². The lowest BCUT2D eigenvalue weighted by molar-refractivity contribution is 0.248. The van der Waals surface area contributed by atoms with Crippen molar-refractivity contribution in [2.24, 2.45) is 5.92 Å². The molecule has 1 aromatic carbocycles. The Bertz CT molecular complexity index is 962. The van der Waals surface area contributed by atoms with E-state index >= 15 is 0 Å². The van der Waals surface area contributed by atoms with E-state index in [2.05, 4.69) is 25.6 Å². The van der Waals surface area contributed by atoms with E-state index in [1.165, 1.54) is 6.07 Å². The molecule has 0 aliphatic rings. The third-order valence-corrected chi connectivity index (χ3v) is 4.28. The third-order valence-electron chi connectivity index (χ3n) is 4.28. The molecule has 0 saturated carbocycles. The van der Waals surface area contributed by atoms with Crippen LogP contribution in [0.3, 0.4) is 0 Å². The van der Waals surface area contributed by atoms with E-state index in [1.807, 2.05) is 13.8 Å². The maximum atomic E-state index is 14.0. The standard InChI is InChI=1S/C20H20F3N5O/c1-11(2)17(10-29)26-20-25-16(12-3-5-24-6-4-12)9-18(28-20)27-19-14(22)7-13(21)8-15(19)23/h3-9,11,17,29H,10H2,1-2H3,(H2,25,26,27,28)/t17-/m1/s1. The van der Waals surface area contributed by atoms with Gasteiger partial charge in [-0.2, -0.15) is 4.98 Å². The molecule has 29 heavy (non-hydrogen) atoms. The van der Waals surface area contributed by atoms with Crippen LogP contribution in [0.5, 0.6) is 0 Å². The molecule has 0 aliphatic carbocycles. The van der Waals surface area contributed by atoms with E-state index in [1.54, 1.807) is 24.5 Å². The number of anilines is 3. The maximum Gasteiger partial charge on any atom is 0.225 e. The van der Waals surface area contributed by atoms with Gasteiger partial charge in [0.2, 0.25) is 5.95 Å². The van der Waals surface area contributed by atoms with Gasteiger partial charge in [-0.25, -0.2) is 18.2 Å². The minimum atomic E-state index is -1.09. The Labute approximate surface area is 165 Å². The predicted molar refractivity (Wildman–Crippen MR) is 104 cm³/mol. The summed E-state index contributed by atoms with van der Waals surface area (Å²) in [6.45, 7) is 3.69. The van der Waals surface area contributed by atoms with E-state index in [4.69, 9.17) is 0 Å². The summed E-state index contributed by atoms with van der Waals surface area (Å²) in [5.41, 5.74) is 0.647. The SMILES string of the molecule is CC(C)[C@@H](CO)Nc1nc(Nc2c(F)cc(F)cc2F)cc(-c2ccncc2)n1. The molecular formula is C20H20F3N5O. The molecule has 0 unspecified atom stereocenters. The van der Waals surface area contributed by atoms with Gasteiger partial charge in [-0.15, -0.1) is 0 Å². The Morgan fingerprint density at radius 3 is 2.24 bits per heavy atom. The molecule has 0 amide bonds. The molecule has 3 rings (SSSR count). The second-order valence-electron chi connectivity index (χ2n) is 6.74. The van der Waals surface area contributed by atoms with E-state index < -0.39 is 23.1 Å². The normalized spacial score (nSPS) is 12.1. The molecule has 0 spiro atoms. The van der Waals surface area contributed by atoms with Crippen LogP contribution in [0.2, 0.25) is 0 Å². The lowest BCUT2D eigenvalue weighted by atomic mass is 10.1. The number of aromatic nitrogens is 3. The van der Waals surface area contributed by atoms with Crippen LogP contribution in [-0.4, -0.2) is 32.7 Å². The van der Waals surface area contributed by atoms with Crippen molar-refractivity contribution in [3.05, 3.63) is 60.2 Å². The van der Waals surface area contributed by atoms with Crippen molar-refractivity contribution in [2.45, 2.75) is 19.9 Å². The largest absolute Gasteiger partial charge is 0.394 e.